The molecule has 0 saturated carbocycles. The van der Waals surface area contributed by atoms with Gasteiger partial charge in [0.2, 0.25) is 0 Å². The number of H-pyrrole nitrogens is 1. The number of hydrogen-bond donors (Lipinski definition) is 1. The van der Waals surface area contributed by atoms with Crippen LogP contribution in [-0.2, 0) is 20.0 Å². The van der Waals surface area contributed by atoms with Gasteiger partial charge in [-0.05, 0) is 18.6 Å². The maximum Gasteiger partial charge on any atom is 0.406 e. The molecule has 0 aliphatic carbocycles. The molecular weight excluding hydrogens is 253 g/mol. The largest absolute Gasteiger partial charge is 0.406 e. The van der Waals surface area contributed by atoms with Crippen molar-refractivity contribution in [2.75, 3.05) is 0 Å². The Balaban J connectivity index is 2.67. The Morgan fingerprint density at radius 2 is 2.06 bits per heavy atom. The highest BCUT2D eigenvalue weighted by Crippen LogP contribution is 2.23. The quantitative estimate of drug-likeness (QED) is 0.847. The fourth-order valence-electron chi connectivity index (χ4n) is 1.85. The minimum atomic E-state index is -4.30. The van der Waals surface area contributed by atoms with Gasteiger partial charge in [0.25, 0.3) is 0 Å². The van der Waals surface area contributed by atoms with Crippen LogP contribution in [0.4, 0.5) is 13.2 Å². The third kappa shape index (κ3) is 2.08. The molecule has 0 bridgehead atoms. The van der Waals surface area contributed by atoms with Gasteiger partial charge < -0.3 is 4.98 Å². The van der Waals surface area contributed by atoms with Crippen LogP contribution < -0.4 is 0 Å². The lowest BCUT2D eigenvalue weighted by atomic mass is 10.3. The van der Waals surface area contributed by atoms with E-state index in [1.165, 1.54) is 4.68 Å². The SMILES string of the molecule is CCc1nn(C)c2c1[nH]c(=S)n2CC(F)(F)F. The summed E-state index contributed by atoms with van der Waals surface area (Å²) in [5, 5.41) is 4.15. The number of aromatic nitrogens is 4. The van der Waals surface area contributed by atoms with Gasteiger partial charge in [-0.3, -0.25) is 9.25 Å². The lowest BCUT2D eigenvalue weighted by molar-refractivity contribution is -0.140. The highest BCUT2D eigenvalue weighted by Gasteiger charge is 2.30. The first-order valence-electron chi connectivity index (χ1n) is 5.04. The summed E-state index contributed by atoms with van der Waals surface area (Å²) in [6.07, 6.45) is -3.66. The molecule has 0 saturated heterocycles. The molecule has 8 heteroatoms. The minimum Gasteiger partial charge on any atom is -0.328 e. The molecule has 0 unspecified atom stereocenters. The number of rotatable bonds is 2. The predicted octanol–water partition coefficient (Wildman–Crippen LogP) is 2.56. The van der Waals surface area contributed by atoms with E-state index in [1.54, 1.807) is 7.05 Å². The second kappa shape index (κ2) is 3.86. The lowest BCUT2D eigenvalue weighted by Gasteiger charge is -2.08. The van der Waals surface area contributed by atoms with Crippen molar-refractivity contribution in [2.45, 2.75) is 26.1 Å². The molecule has 0 aliphatic heterocycles. The van der Waals surface area contributed by atoms with Gasteiger partial charge in [-0.1, -0.05) is 6.92 Å². The first kappa shape index (κ1) is 12.2. The molecule has 0 fully saturated rings. The van der Waals surface area contributed by atoms with Crippen LogP contribution in [0, 0.1) is 4.77 Å². The Morgan fingerprint density at radius 1 is 1.41 bits per heavy atom. The van der Waals surface area contributed by atoms with Gasteiger partial charge in [-0.2, -0.15) is 18.3 Å². The number of nitrogens with zero attached hydrogens (tertiary/aromatic N) is 3. The zero-order valence-electron chi connectivity index (χ0n) is 9.30. The summed E-state index contributed by atoms with van der Waals surface area (Å²) in [5.74, 6) is 0. The Labute approximate surface area is 100 Å². The monoisotopic (exact) mass is 264 g/mol. The Bertz CT molecular complexity index is 604. The average Bonchev–Trinajstić information content (AvgIpc) is 2.65. The van der Waals surface area contributed by atoms with Crippen LogP contribution >= 0.6 is 12.2 Å². The maximum atomic E-state index is 12.4. The van der Waals surface area contributed by atoms with Gasteiger partial charge in [0.05, 0.1) is 5.69 Å². The first-order valence-corrected chi connectivity index (χ1v) is 5.45. The lowest BCUT2D eigenvalue weighted by Crippen LogP contribution is -2.18. The van der Waals surface area contributed by atoms with E-state index in [1.807, 2.05) is 6.92 Å². The highest BCUT2D eigenvalue weighted by atomic mass is 32.1. The second-order valence-corrected chi connectivity index (χ2v) is 4.14. The van der Waals surface area contributed by atoms with Gasteiger partial charge in [-0.15, -0.1) is 0 Å². The first-order chi connectivity index (χ1) is 7.83. The van der Waals surface area contributed by atoms with Crippen LogP contribution in [0.15, 0.2) is 0 Å². The maximum absolute atomic E-state index is 12.4. The van der Waals surface area contributed by atoms with Crippen molar-refractivity contribution in [3.63, 3.8) is 0 Å². The topological polar surface area (TPSA) is 38.5 Å². The van der Waals surface area contributed by atoms with Gasteiger partial charge >= 0.3 is 6.18 Å². The normalized spacial score (nSPS) is 12.5. The van der Waals surface area contributed by atoms with E-state index in [-0.39, 0.29) is 4.77 Å². The standard InChI is InChI=1S/C9H11F3N4S/c1-3-5-6-7(15(2)14-5)16(8(17)13-6)4-9(10,11)12/h3-4H2,1-2H3,(H,13,17). The fourth-order valence-corrected chi connectivity index (χ4v) is 2.10. The smallest absolute Gasteiger partial charge is 0.328 e. The van der Waals surface area contributed by atoms with Crippen LogP contribution in [0.25, 0.3) is 11.2 Å². The minimum absolute atomic E-state index is 0.0695. The van der Waals surface area contributed by atoms with Crippen LogP contribution in [0.3, 0.4) is 0 Å². The Hall–Kier alpha value is -1.31. The number of nitrogens with one attached hydrogen (secondary N) is 1. The molecule has 1 N–H and O–H groups in total. The third-order valence-corrected chi connectivity index (χ3v) is 2.82. The molecular formula is C9H11F3N4S. The summed E-state index contributed by atoms with van der Waals surface area (Å²) >= 11 is 4.91. The van der Waals surface area contributed by atoms with Crippen molar-refractivity contribution in [1.82, 2.24) is 19.3 Å². The molecule has 4 nitrogen and oxygen atoms in total. The van der Waals surface area contributed by atoms with Crippen molar-refractivity contribution in [1.29, 1.82) is 0 Å². The molecule has 2 aromatic heterocycles. The van der Waals surface area contributed by atoms with E-state index in [9.17, 15) is 13.2 Å². The van der Waals surface area contributed by atoms with Crippen LogP contribution in [0.2, 0.25) is 0 Å². The zero-order valence-corrected chi connectivity index (χ0v) is 10.1. The number of aryl methyl sites for hydroxylation is 2. The highest BCUT2D eigenvalue weighted by molar-refractivity contribution is 7.71. The molecule has 2 rings (SSSR count). The molecule has 0 radical (unpaired) electrons. The number of fused-ring (bicyclic) bond motifs is 1. The van der Waals surface area contributed by atoms with Crippen molar-refractivity contribution in [3.8, 4) is 0 Å². The molecule has 0 aliphatic rings. The zero-order chi connectivity index (χ0) is 12.8. The Morgan fingerprint density at radius 3 is 2.59 bits per heavy atom. The summed E-state index contributed by atoms with van der Waals surface area (Å²) in [5.41, 5.74) is 1.68. The molecule has 0 aromatic carbocycles. The van der Waals surface area contributed by atoms with Gasteiger partial charge in [0.15, 0.2) is 10.4 Å². The molecule has 2 heterocycles. The summed E-state index contributed by atoms with van der Waals surface area (Å²) < 4.78 is 39.8. The summed E-state index contributed by atoms with van der Waals surface area (Å²) in [6, 6.07) is 0. The predicted molar refractivity (Wildman–Crippen MR) is 59.3 cm³/mol. The van der Waals surface area contributed by atoms with Crippen molar-refractivity contribution in [2.24, 2.45) is 7.05 Å². The molecule has 17 heavy (non-hydrogen) atoms. The second-order valence-electron chi connectivity index (χ2n) is 3.75. The van der Waals surface area contributed by atoms with Crippen LogP contribution in [0.5, 0.6) is 0 Å². The van der Waals surface area contributed by atoms with E-state index >= 15 is 0 Å². The number of halogens is 3. The summed E-state index contributed by atoms with van der Waals surface area (Å²) in [7, 11) is 1.61. The van der Waals surface area contributed by atoms with Crippen molar-refractivity contribution >= 4 is 23.4 Å². The number of hydrogen-bond acceptors (Lipinski definition) is 2. The van der Waals surface area contributed by atoms with Gasteiger partial charge in [-0.25, -0.2) is 0 Å². The number of imidazole rings is 1. The molecule has 0 atom stereocenters. The molecule has 94 valence electrons. The average molecular weight is 264 g/mol. The molecule has 0 spiro atoms. The van der Waals surface area contributed by atoms with Crippen molar-refractivity contribution < 1.29 is 13.2 Å². The number of alkyl halides is 3. The molecule has 0 amide bonds. The molecule has 2 aromatic rings. The van der Waals surface area contributed by atoms with E-state index in [4.69, 9.17) is 12.2 Å². The summed E-state index contributed by atoms with van der Waals surface area (Å²) in [4.78, 5) is 2.78. The van der Waals surface area contributed by atoms with E-state index in [0.29, 0.717) is 17.6 Å². The van der Waals surface area contributed by atoms with Crippen LogP contribution in [-0.4, -0.2) is 25.5 Å². The van der Waals surface area contributed by atoms with Gasteiger partial charge in [0, 0.05) is 7.05 Å². The third-order valence-electron chi connectivity index (χ3n) is 2.49. The summed E-state index contributed by atoms with van der Waals surface area (Å²) in [6.45, 7) is 0.786. The fraction of sp³-hybridized carbons (Fsp3) is 0.556. The van der Waals surface area contributed by atoms with E-state index in [0.717, 1.165) is 10.3 Å². The Kier molecular flexibility index (Phi) is 2.76. The van der Waals surface area contributed by atoms with Crippen LogP contribution in [0.1, 0.15) is 12.6 Å². The van der Waals surface area contributed by atoms with E-state index < -0.39 is 12.7 Å². The van der Waals surface area contributed by atoms with E-state index in [2.05, 4.69) is 10.1 Å². The van der Waals surface area contributed by atoms with Crippen molar-refractivity contribution in [3.05, 3.63) is 10.5 Å². The van der Waals surface area contributed by atoms with Gasteiger partial charge in [0.1, 0.15) is 12.1 Å². The number of aromatic amines is 1.